The number of aryl methyl sites for hydroxylation is 6. The van der Waals surface area contributed by atoms with Crippen molar-refractivity contribution in [1.82, 2.24) is 0 Å². The summed E-state index contributed by atoms with van der Waals surface area (Å²) in [4.78, 5) is 0. The third-order valence-electron chi connectivity index (χ3n) is 16.9. The average Bonchev–Trinajstić information content (AvgIpc) is 0.886. The van der Waals surface area contributed by atoms with Gasteiger partial charge in [-0.2, -0.15) is 0 Å². The smallest absolute Gasteiger partial charge is 0.119 e. The standard InChI is InChI=1S/C13H20.C12H18O.3C12H18.3C11H16.C10H14.CH4/c1-13(2,3)11-7-10-12-8-5-4-6-9-12;1-12(2,3)9-10-13-11-7-5-4-6-8-11;2*1-10-5-7-11(8-6-10)9-12(2,3)4;1-12(2,3)10-9-11-7-5-4-6-8-11;2*1-9-5-7-10(8-6-9)11(2,3)4;1-11(2,3)9-10-7-5-4-6-8-10;1-10(2,3)9-7-5-4-6-8-9;/h4-6,8-9H,7,10-11H2,1-3H3;4-8H,9-10H2,1-3H3;2*5-8H,9H2,1-4H3;4-8H,9-10H2,1-3H3;2*5-8H,1-4H3;4-8H,9H2,1-3H3;4-8H,1-3H3;1H4. The lowest BCUT2D eigenvalue weighted by atomic mass is 9.87. The van der Waals surface area contributed by atoms with Crippen molar-refractivity contribution in [3.05, 3.63) is 315 Å². The van der Waals surface area contributed by atoms with Gasteiger partial charge in [-0.1, -0.05) is 453 Å². The van der Waals surface area contributed by atoms with Crippen LogP contribution in [0.5, 0.6) is 5.75 Å². The Morgan fingerprint density at radius 1 is 0.217 bits per heavy atom. The summed E-state index contributed by atoms with van der Waals surface area (Å²) in [6.45, 7) is 70.2. The van der Waals surface area contributed by atoms with Crippen molar-refractivity contribution in [3.63, 3.8) is 0 Å². The van der Waals surface area contributed by atoms with Gasteiger partial charge in [0.25, 0.3) is 0 Å². The highest BCUT2D eigenvalue weighted by Gasteiger charge is 2.17. The molecule has 0 fully saturated rings. The molecule has 0 amide bonds. The molecule has 0 heterocycles. The van der Waals surface area contributed by atoms with E-state index in [-0.39, 0.29) is 18.3 Å². The highest BCUT2D eigenvalue weighted by Crippen LogP contribution is 2.28. The van der Waals surface area contributed by atoms with Crippen LogP contribution >= 0.6 is 0 Å². The van der Waals surface area contributed by atoms with Gasteiger partial charge in [-0.25, -0.2) is 0 Å². The van der Waals surface area contributed by atoms with E-state index in [0.29, 0.717) is 37.9 Å². The molecule has 584 valence electrons. The van der Waals surface area contributed by atoms with Crippen LogP contribution in [-0.2, 0) is 48.3 Å². The van der Waals surface area contributed by atoms with Gasteiger partial charge in [0.15, 0.2) is 0 Å². The molecule has 9 aromatic rings. The molecular weight excluding hydrogens is 1280 g/mol. The summed E-state index contributed by atoms with van der Waals surface area (Å²) in [7, 11) is 0. The molecule has 0 N–H and O–H groups in total. The monoisotopic (exact) mass is 1440 g/mol. The molecule has 9 rings (SSSR count). The van der Waals surface area contributed by atoms with Crippen LogP contribution < -0.4 is 4.74 Å². The quantitative estimate of drug-likeness (QED) is 0.125. The number of para-hydroxylation sites is 1. The molecule has 9 aromatic carbocycles. The van der Waals surface area contributed by atoms with E-state index in [9.17, 15) is 0 Å². The lowest BCUT2D eigenvalue weighted by Crippen LogP contribution is -2.10. The largest absolute Gasteiger partial charge is 0.494 e. The molecule has 0 atom stereocenters. The summed E-state index contributed by atoms with van der Waals surface area (Å²) < 4.78 is 5.58. The lowest BCUT2D eigenvalue weighted by Gasteiger charge is -2.18. The van der Waals surface area contributed by atoms with Crippen molar-refractivity contribution in [1.29, 1.82) is 0 Å². The van der Waals surface area contributed by atoms with Crippen LogP contribution in [0, 0.1) is 60.2 Å². The van der Waals surface area contributed by atoms with Crippen LogP contribution in [0.15, 0.2) is 249 Å². The van der Waals surface area contributed by atoms with E-state index in [4.69, 9.17) is 4.74 Å². The first-order valence-electron chi connectivity index (χ1n) is 39.5. The van der Waals surface area contributed by atoms with Crippen LogP contribution in [0.1, 0.15) is 287 Å². The first kappa shape index (κ1) is 98.8. The maximum absolute atomic E-state index is 5.58. The fraction of sp³-hybridized carbons (Fsp3) is 0.486. The molecule has 1 heteroatoms. The Bertz CT molecular complexity index is 3380. The van der Waals surface area contributed by atoms with Crippen molar-refractivity contribution < 1.29 is 4.74 Å². The topological polar surface area (TPSA) is 9.23 Å². The normalized spacial score (nSPS) is 11.5. The molecule has 106 heavy (non-hydrogen) atoms. The molecule has 0 bridgehead atoms. The van der Waals surface area contributed by atoms with E-state index >= 15 is 0 Å². The molecule has 0 aromatic heterocycles. The zero-order valence-corrected chi connectivity index (χ0v) is 73.2. The number of rotatable bonds is 11. The minimum atomic E-state index is 0. The Morgan fingerprint density at radius 3 is 0.717 bits per heavy atom. The van der Waals surface area contributed by atoms with Crippen molar-refractivity contribution in [2.75, 3.05) is 6.61 Å². The summed E-state index contributed by atoms with van der Waals surface area (Å²) in [6.07, 6.45) is 10.9. The first-order valence-corrected chi connectivity index (χ1v) is 39.5. The Hall–Kier alpha value is -7.22. The number of hydrogen-bond donors (Lipinski definition) is 0. The molecule has 0 radical (unpaired) electrons. The van der Waals surface area contributed by atoms with Crippen LogP contribution in [0.25, 0.3) is 0 Å². The van der Waals surface area contributed by atoms with Crippen molar-refractivity contribution in [2.24, 2.45) is 32.5 Å². The van der Waals surface area contributed by atoms with Crippen LogP contribution in [0.3, 0.4) is 0 Å². The molecule has 0 aliphatic rings. The van der Waals surface area contributed by atoms with Gasteiger partial charge in [-0.05, 0) is 191 Å². The van der Waals surface area contributed by atoms with Gasteiger partial charge in [0.05, 0.1) is 6.61 Å². The van der Waals surface area contributed by atoms with Gasteiger partial charge in [0.1, 0.15) is 5.75 Å². The molecule has 0 aliphatic heterocycles. The zero-order chi connectivity index (χ0) is 79.8. The Labute approximate surface area is 657 Å². The summed E-state index contributed by atoms with van der Waals surface area (Å²) in [5, 5.41) is 0. The summed E-state index contributed by atoms with van der Waals surface area (Å²) >= 11 is 0. The van der Waals surface area contributed by atoms with Gasteiger partial charge < -0.3 is 4.74 Å². The summed E-state index contributed by atoms with van der Waals surface area (Å²) in [5.74, 6) is 0.965. The van der Waals surface area contributed by atoms with E-state index in [0.717, 1.165) is 38.0 Å². The predicted molar refractivity (Wildman–Crippen MR) is 479 cm³/mol. The number of hydrogen-bond acceptors (Lipinski definition) is 1. The van der Waals surface area contributed by atoms with Gasteiger partial charge in [-0.3, -0.25) is 0 Å². The molecule has 1 nitrogen and oxygen atoms in total. The van der Waals surface area contributed by atoms with Crippen LogP contribution in [0.4, 0.5) is 0 Å². The van der Waals surface area contributed by atoms with Gasteiger partial charge >= 0.3 is 0 Å². The third-order valence-corrected chi connectivity index (χ3v) is 16.9. The lowest BCUT2D eigenvalue weighted by molar-refractivity contribution is 0.243. The fourth-order valence-electron chi connectivity index (χ4n) is 10.5. The van der Waals surface area contributed by atoms with Crippen LogP contribution in [-0.4, -0.2) is 6.61 Å². The molecule has 0 spiro atoms. The highest BCUT2D eigenvalue weighted by molar-refractivity contribution is 5.29. The summed E-state index contributed by atoms with van der Waals surface area (Å²) in [5.41, 5.74) is 20.1. The van der Waals surface area contributed by atoms with Gasteiger partial charge in [0, 0.05) is 0 Å². The maximum Gasteiger partial charge on any atom is 0.119 e. The second-order valence-corrected chi connectivity index (χ2v) is 39.4. The molecule has 0 unspecified atom stereocenters. The second kappa shape index (κ2) is 48.2. The van der Waals surface area contributed by atoms with Gasteiger partial charge in [-0.15, -0.1) is 0 Å². The molecule has 0 saturated carbocycles. The van der Waals surface area contributed by atoms with Crippen LogP contribution in [0.2, 0.25) is 0 Å². The fourth-order valence-corrected chi connectivity index (χ4v) is 10.5. The zero-order valence-electron chi connectivity index (χ0n) is 73.2. The summed E-state index contributed by atoms with van der Waals surface area (Å²) in [6, 6.07) is 87.7. The van der Waals surface area contributed by atoms with E-state index in [2.05, 4.69) is 433 Å². The van der Waals surface area contributed by atoms with E-state index < -0.39 is 0 Å². The van der Waals surface area contributed by atoms with Crippen molar-refractivity contribution in [2.45, 2.75) is 296 Å². The molecular formula is C105H158O. The molecule has 0 aliphatic carbocycles. The van der Waals surface area contributed by atoms with Crippen molar-refractivity contribution in [3.8, 4) is 5.75 Å². The average molecular weight is 1440 g/mol. The Balaban J connectivity index is 0.00000117. The Morgan fingerprint density at radius 2 is 0.453 bits per heavy atom. The van der Waals surface area contributed by atoms with Gasteiger partial charge in [0.2, 0.25) is 0 Å². The molecule has 0 saturated heterocycles. The number of benzene rings is 9. The number of ether oxygens (including phenoxy) is 1. The van der Waals surface area contributed by atoms with E-state index in [1.165, 1.54) is 98.9 Å². The predicted octanol–water partition coefficient (Wildman–Crippen LogP) is 31.9. The van der Waals surface area contributed by atoms with E-state index in [1.807, 2.05) is 30.3 Å². The highest BCUT2D eigenvalue weighted by atomic mass is 16.5. The second-order valence-electron chi connectivity index (χ2n) is 39.4. The van der Waals surface area contributed by atoms with E-state index in [1.54, 1.807) is 0 Å². The Kier molecular flexibility index (Phi) is 45.0. The third kappa shape index (κ3) is 56.1. The first-order chi connectivity index (χ1) is 48.4. The SMILES string of the molecule is C.CC(C)(C)CCCc1ccccc1.CC(C)(C)CCOc1ccccc1.CC(C)(C)CCc1ccccc1.CC(C)(C)Cc1ccccc1.CC(C)(C)c1ccccc1.Cc1ccc(C(C)(C)C)cc1.Cc1ccc(C(C)(C)C)cc1.Cc1ccc(CC(C)(C)C)cc1.Cc1ccc(CC(C)(C)C)cc1. The van der Waals surface area contributed by atoms with Crippen molar-refractivity contribution >= 4 is 0 Å². The maximum atomic E-state index is 5.58. The minimum Gasteiger partial charge on any atom is -0.494 e. The minimum absolute atomic E-state index is 0.